The number of halogens is 3. The number of hydrogen-bond donors (Lipinski definition) is 0. The summed E-state index contributed by atoms with van der Waals surface area (Å²) in [6.07, 6.45) is 5.03. The highest BCUT2D eigenvalue weighted by molar-refractivity contribution is 5.40. The lowest BCUT2D eigenvalue weighted by atomic mass is 10.2. The fourth-order valence-electron chi connectivity index (χ4n) is 3.23. The molecule has 0 spiro atoms. The van der Waals surface area contributed by atoms with Crippen LogP contribution in [0.3, 0.4) is 0 Å². The second kappa shape index (κ2) is 5.60. The summed E-state index contributed by atoms with van der Waals surface area (Å²) >= 11 is 0. The van der Waals surface area contributed by atoms with Gasteiger partial charge in [0, 0.05) is 38.3 Å². The lowest BCUT2D eigenvalue weighted by Gasteiger charge is -2.38. The van der Waals surface area contributed by atoms with Gasteiger partial charge in [-0.15, -0.1) is 0 Å². The summed E-state index contributed by atoms with van der Waals surface area (Å²) in [7, 11) is 0. The highest BCUT2D eigenvalue weighted by Gasteiger charge is 2.28. The van der Waals surface area contributed by atoms with Crippen LogP contribution in [-0.4, -0.2) is 42.1 Å². The first-order valence-electron chi connectivity index (χ1n) is 7.15. The molecule has 1 aliphatic heterocycles. The number of piperazine rings is 1. The van der Waals surface area contributed by atoms with Gasteiger partial charge in [0.05, 0.1) is 0 Å². The number of pyridine rings is 1. The summed E-state index contributed by atoms with van der Waals surface area (Å²) in [5.41, 5.74) is 0. The molecule has 2 heterocycles. The largest absolute Gasteiger partial charge is 0.352 e. The predicted octanol–water partition coefficient (Wildman–Crippen LogP) is 2.56. The van der Waals surface area contributed by atoms with E-state index in [2.05, 4.69) is 9.88 Å². The third-order valence-electron chi connectivity index (χ3n) is 4.32. The Morgan fingerprint density at radius 3 is 2.25 bits per heavy atom. The Hall–Kier alpha value is -1.30. The van der Waals surface area contributed by atoms with Crippen molar-refractivity contribution in [2.24, 2.45) is 0 Å². The quantitative estimate of drug-likeness (QED) is 0.779. The Kier molecular flexibility index (Phi) is 3.83. The zero-order valence-corrected chi connectivity index (χ0v) is 11.3. The Labute approximate surface area is 116 Å². The lowest BCUT2D eigenvalue weighted by molar-refractivity contribution is 0.186. The molecule has 2 fully saturated rings. The van der Waals surface area contributed by atoms with Gasteiger partial charge in [0.25, 0.3) is 5.95 Å². The van der Waals surface area contributed by atoms with E-state index in [0.717, 1.165) is 13.1 Å². The Balaban J connectivity index is 1.67. The van der Waals surface area contributed by atoms with Gasteiger partial charge in [0.1, 0.15) is 0 Å². The highest BCUT2D eigenvalue weighted by Crippen LogP contribution is 2.26. The van der Waals surface area contributed by atoms with Gasteiger partial charge in [-0.3, -0.25) is 4.90 Å². The van der Waals surface area contributed by atoms with E-state index in [4.69, 9.17) is 0 Å². The summed E-state index contributed by atoms with van der Waals surface area (Å²) in [6, 6.07) is 1.21. The van der Waals surface area contributed by atoms with Crippen molar-refractivity contribution in [2.75, 3.05) is 31.1 Å². The molecule has 0 unspecified atom stereocenters. The number of nitrogens with zero attached hydrogens (tertiary/aromatic N) is 3. The van der Waals surface area contributed by atoms with Crippen LogP contribution in [0.1, 0.15) is 25.7 Å². The molecule has 0 atom stereocenters. The molecule has 1 saturated carbocycles. The molecule has 3 nitrogen and oxygen atoms in total. The van der Waals surface area contributed by atoms with Crippen LogP contribution >= 0.6 is 0 Å². The minimum atomic E-state index is -1.24. The standard InChI is InChI=1S/C14H18F3N3/c15-11-9-12(16)14(18-13(11)17)20-7-5-19(6-8-20)10-3-1-2-4-10/h9-10H,1-8H2. The molecule has 20 heavy (non-hydrogen) atoms. The summed E-state index contributed by atoms with van der Waals surface area (Å²) in [4.78, 5) is 7.52. The maximum Gasteiger partial charge on any atom is 0.251 e. The van der Waals surface area contributed by atoms with Crippen molar-refractivity contribution in [2.45, 2.75) is 31.7 Å². The smallest absolute Gasteiger partial charge is 0.251 e. The van der Waals surface area contributed by atoms with Gasteiger partial charge in [-0.05, 0) is 12.8 Å². The van der Waals surface area contributed by atoms with E-state index in [1.165, 1.54) is 25.7 Å². The second-order valence-electron chi connectivity index (χ2n) is 5.53. The second-order valence-corrected chi connectivity index (χ2v) is 5.53. The number of hydrogen-bond acceptors (Lipinski definition) is 3. The number of rotatable bonds is 2. The van der Waals surface area contributed by atoms with E-state index in [1.807, 2.05) is 0 Å². The van der Waals surface area contributed by atoms with E-state index in [9.17, 15) is 13.2 Å². The van der Waals surface area contributed by atoms with E-state index < -0.39 is 17.6 Å². The van der Waals surface area contributed by atoms with Gasteiger partial charge < -0.3 is 4.90 Å². The molecule has 2 aliphatic rings. The molecule has 0 amide bonds. The average molecular weight is 285 g/mol. The van der Waals surface area contributed by atoms with Gasteiger partial charge in [0.2, 0.25) is 0 Å². The average Bonchev–Trinajstić information content (AvgIpc) is 2.97. The molecular formula is C14H18F3N3. The normalized spacial score (nSPS) is 21.6. The lowest BCUT2D eigenvalue weighted by Crippen LogP contribution is -2.50. The van der Waals surface area contributed by atoms with E-state index >= 15 is 0 Å². The van der Waals surface area contributed by atoms with Crippen molar-refractivity contribution < 1.29 is 13.2 Å². The molecular weight excluding hydrogens is 267 g/mol. The first-order valence-corrected chi connectivity index (χ1v) is 7.15. The van der Waals surface area contributed by atoms with Crippen LogP contribution in [0, 0.1) is 17.6 Å². The van der Waals surface area contributed by atoms with Gasteiger partial charge in [-0.25, -0.2) is 8.78 Å². The van der Waals surface area contributed by atoms with Gasteiger partial charge in [0.15, 0.2) is 17.5 Å². The first-order chi connectivity index (χ1) is 9.65. The van der Waals surface area contributed by atoms with Crippen LogP contribution in [0.4, 0.5) is 19.0 Å². The molecule has 0 bridgehead atoms. The molecule has 1 aromatic rings. The fourth-order valence-corrected chi connectivity index (χ4v) is 3.23. The summed E-state index contributed by atoms with van der Waals surface area (Å²) in [5, 5.41) is 0. The van der Waals surface area contributed by atoms with Crippen molar-refractivity contribution in [1.29, 1.82) is 0 Å². The van der Waals surface area contributed by atoms with Crippen molar-refractivity contribution in [1.82, 2.24) is 9.88 Å². The predicted molar refractivity (Wildman–Crippen MR) is 70.2 cm³/mol. The van der Waals surface area contributed by atoms with Gasteiger partial charge in [-0.1, -0.05) is 12.8 Å². The molecule has 1 saturated heterocycles. The van der Waals surface area contributed by atoms with Gasteiger partial charge in [-0.2, -0.15) is 9.37 Å². The van der Waals surface area contributed by atoms with Crippen LogP contribution in [0.5, 0.6) is 0 Å². The van der Waals surface area contributed by atoms with Crippen molar-refractivity contribution in [3.8, 4) is 0 Å². The van der Waals surface area contributed by atoms with E-state index in [-0.39, 0.29) is 5.82 Å². The topological polar surface area (TPSA) is 19.4 Å². The third-order valence-corrected chi connectivity index (χ3v) is 4.32. The third kappa shape index (κ3) is 2.61. The molecule has 110 valence electrons. The first kappa shape index (κ1) is 13.7. The summed E-state index contributed by atoms with van der Waals surface area (Å²) in [6.45, 7) is 2.85. The van der Waals surface area contributed by atoms with Crippen LogP contribution in [0.25, 0.3) is 0 Å². The SMILES string of the molecule is Fc1cc(F)c(N2CCN(C3CCCC3)CC2)nc1F. The Morgan fingerprint density at radius 2 is 1.60 bits per heavy atom. The molecule has 0 aromatic carbocycles. The molecule has 6 heteroatoms. The molecule has 3 rings (SSSR count). The molecule has 1 aromatic heterocycles. The number of anilines is 1. The van der Waals surface area contributed by atoms with Crippen LogP contribution in [0.15, 0.2) is 6.07 Å². The Bertz CT molecular complexity index is 481. The molecule has 0 radical (unpaired) electrons. The van der Waals surface area contributed by atoms with Crippen molar-refractivity contribution in [3.05, 3.63) is 23.6 Å². The van der Waals surface area contributed by atoms with Crippen LogP contribution in [0.2, 0.25) is 0 Å². The van der Waals surface area contributed by atoms with E-state index in [0.29, 0.717) is 25.2 Å². The van der Waals surface area contributed by atoms with Gasteiger partial charge >= 0.3 is 0 Å². The monoisotopic (exact) mass is 285 g/mol. The van der Waals surface area contributed by atoms with Crippen molar-refractivity contribution >= 4 is 5.82 Å². The minimum Gasteiger partial charge on any atom is -0.352 e. The number of aromatic nitrogens is 1. The van der Waals surface area contributed by atoms with Crippen LogP contribution in [-0.2, 0) is 0 Å². The van der Waals surface area contributed by atoms with E-state index in [1.54, 1.807) is 4.90 Å². The zero-order valence-electron chi connectivity index (χ0n) is 11.3. The summed E-state index contributed by atoms with van der Waals surface area (Å²) in [5.74, 6) is -3.34. The maximum atomic E-state index is 13.7. The molecule has 0 N–H and O–H groups in total. The molecule has 1 aliphatic carbocycles. The van der Waals surface area contributed by atoms with Crippen molar-refractivity contribution in [3.63, 3.8) is 0 Å². The zero-order chi connectivity index (χ0) is 14.1. The summed E-state index contributed by atoms with van der Waals surface area (Å²) < 4.78 is 39.7. The Morgan fingerprint density at radius 1 is 0.950 bits per heavy atom. The highest BCUT2D eigenvalue weighted by atomic mass is 19.2. The minimum absolute atomic E-state index is 0.0741. The maximum absolute atomic E-state index is 13.7. The fraction of sp³-hybridized carbons (Fsp3) is 0.643. The van der Waals surface area contributed by atoms with Crippen LogP contribution < -0.4 is 4.90 Å².